The molecule has 0 unspecified atom stereocenters. The highest BCUT2D eigenvalue weighted by Crippen LogP contribution is 2.25. The molecule has 0 radical (unpaired) electrons. The molecule has 2 aliphatic rings. The maximum Gasteiger partial charge on any atom is 0.273 e. The number of thiophene rings is 1. The molecule has 2 N–H and O–H groups in total. The number of aryl methyl sites for hydroxylation is 1. The van der Waals surface area contributed by atoms with Crippen molar-refractivity contribution in [1.29, 1.82) is 0 Å². The number of piperazine rings is 1. The number of hydrogen-bond donors (Lipinski definition) is 2. The van der Waals surface area contributed by atoms with Gasteiger partial charge in [-0.2, -0.15) is 5.10 Å². The SMILES string of the molecule is Cc1[nH]c(C=C2C(=O)NN=C2c2cccs2)c(C)c1CN1CCN(C)CC1. The summed E-state index contributed by atoms with van der Waals surface area (Å²) in [7, 11) is 2.17. The first-order chi connectivity index (χ1) is 13.0. The zero-order chi connectivity index (χ0) is 19.0. The van der Waals surface area contributed by atoms with Crippen molar-refractivity contribution in [2.75, 3.05) is 33.2 Å². The maximum absolute atomic E-state index is 12.3. The molecular weight excluding hydrogens is 358 g/mol. The third-order valence-corrected chi connectivity index (χ3v) is 6.30. The van der Waals surface area contributed by atoms with Crippen LogP contribution in [-0.2, 0) is 11.3 Å². The largest absolute Gasteiger partial charge is 0.359 e. The summed E-state index contributed by atoms with van der Waals surface area (Å²) in [6.07, 6.45) is 1.94. The summed E-state index contributed by atoms with van der Waals surface area (Å²) in [5, 5.41) is 6.23. The number of aromatic amines is 1. The molecule has 4 heterocycles. The molecule has 0 aliphatic carbocycles. The molecule has 2 aliphatic heterocycles. The molecule has 142 valence electrons. The van der Waals surface area contributed by atoms with Crippen LogP contribution in [0.15, 0.2) is 28.2 Å². The van der Waals surface area contributed by atoms with Crippen molar-refractivity contribution in [3.63, 3.8) is 0 Å². The van der Waals surface area contributed by atoms with Crippen molar-refractivity contribution in [3.05, 3.63) is 50.5 Å². The van der Waals surface area contributed by atoms with E-state index in [1.807, 2.05) is 23.6 Å². The minimum atomic E-state index is -0.148. The summed E-state index contributed by atoms with van der Waals surface area (Å²) in [5.74, 6) is -0.148. The molecular formula is C20H25N5OS. The molecule has 1 fully saturated rings. The normalized spacial score (nSPS) is 20.3. The fraction of sp³-hybridized carbons (Fsp3) is 0.400. The van der Waals surface area contributed by atoms with Crippen LogP contribution in [0.2, 0.25) is 0 Å². The maximum atomic E-state index is 12.3. The van der Waals surface area contributed by atoms with Crippen LogP contribution in [-0.4, -0.2) is 59.6 Å². The molecule has 1 amide bonds. The Hall–Kier alpha value is -2.22. The van der Waals surface area contributed by atoms with Gasteiger partial charge in [-0.3, -0.25) is 9.69 Å². The van der Waals surface area contributed by atoms with Crippen molar-refractivity contribution in [2.45, 2.75) is 20.4 Å². The molecule has 0 spiro atoms. The Morgan fingerprint density at radius 2 is 2.04 bits per heavy atom. The highest BCUT2D eigenvalue weighted by atomic mass is 32.1. The molecule has 2 aromatic rings. The van der Waals surface area contributed by atoms with Crippen LogP contribution >= 0.6 is 11.3 Å². The zero-order valence-electron chi connectivity index (χ0n) is 16.0. The number of hydrogen-bond acceptors (Lipinski definition) is 5. The van der Waals surface area contributed by atoms with Gasteiger partial charge in [0, 0.05) is 44.1 Å². The first-order valence-corrected chi connectivity index (χ1v) is 10.1. The van der Waals surface area contributed by atoms with Crippen LogP contribution in [0.1, 0.15) is 27.4 Å². The lowest BCUT2D eigenvalue weighted by Gasteiger charge is -2.32. The number of hydrazone groups is 1. The van der Waals surface area contributed by atoms with E-state index in [2.05, 4.69) is 46.2 Å². The average molecular weight is 384 g/mol. The minimum Gasteiger partial charge on any atom is -0.359 e. The molecule has 0 saturated carbocycles. The number of rotatable bonds is 4. The minimum absolute atomic E-state index is 0.148. The Balaban J connectivity index is 1.60. The van der Waals surface area contributed by atoms with Gasteiger partial charge in [-0.05, 0) is 49.5 Å². The van der Waals surface area contributed by atoms with E-state index in [4.69, 9.17) is 0 Å². The highest BCUT2D eigenvalue weighted by Gasteiger charge is 2.26. The van der Waals surface area contributed by atoms with Crippen molar-refractivity contribution in [1.82, 2.24) is 20.2 Å². The Kier molecular flexibility index (Phi) is 4.99. The van der Waals surface area contributed by atoms with Crippen LogP contribution < -0.4 is 5.43 Å². The van der Waals surface area contributed by atoms with Gasteiger partial charge in [0.05, 0.1) is 10.5 Å². The Labute approximate surface area is 163 Å². The molecule has 2 aromatic heterocycles. The number of nitrogens with zero attached hydrogens (tertiary/aromatic N) is 3. The summed E-state index contributed by atoms with van der Waals surface area (Å²) in [4.78, 5) is 21.7. The number of likely N-dealkylation sites (N-methyl/N-ethyl adjacent to an activating group) is 1. The van der Waals surface area contributed by atoms with E-state index in [0.717, 1.165) is 49.0 Å². The number of carbonyl (C=O) groups excluding carboxylic acids is 1. The molecule has 0 bridgehead atoms. The smallest absolute Gasteiger partial charge is 0.273 e. The summed E-state index contributed by atoms with van der Waals surface area (Å²) < 4.78 is 0. The summed E-state index contributed by atoms with van der Waals surface area (Å²) >= 11 is 1.59. The van der Waals surface area contributed by atoms with Gasteiger partial charge in [-0.1, -0.05) is 6.07 Å². The van der Waals surface area contributed by atoms with Gasteiger partial charge in [0.1, 0.15) is 5.71 Å². The van der Waals surface area contributed by atoms with Crippen molar-refractivity contribution in [3.8, 4) is 0 Å². The van der Waals surface area contributed by atoms with E-state index in [9.17, 15) is 4.79 Å². The lowest BCUT2D eigenvalue weighted by molar-refractivity contribution is -0.116. The fourth-order valence-corrected chi connectivity index (χ4v) is 4.37. The van der Waals surface area contributed by atoms with Gasteiger partial charge in [-0.25, -0.2) is 5.43 Å². The molecule has 1 saturated heterocycles. The first-order valence-electron chi connectivity index (χ1n) is 9.26. The quantitative estimate of drug-likeness (QED) is 0.797. The number of carbonyl (C=O) groups is 1. The fourth-order valence-electron chi connectivity index (χ4n) is 3.64. The van der Waals surface area contributed by atoms with E-state index in [-0.39, 0.29) is 5.91 Å². The van der Waals surface area contributed by atoms with Crippen LogP contribution in [0.25, 0.3) is 6.08 Å². The highest BCUT2D eigenvalue weighted by molar-refractivity contribution is 7.12. The van der Waals surface area contributed by atoms with E-state index < -0.39 is 0 Å². The summed E-state index contributed by atoms with van der Waals surface area (Å²) in [6, 6.07) is 3.96. The second-order valence-electron chi connectivity index (χ2n) is 7.28. The van der Waals surface area contributed by atoms with Gasteiger partial charge in [0.15, 0.2) is 0 Å². The topological polar surface area (TPSA) is 63.7 Å². The molecule has 4 rings (SSSR count). The third kappa shape index (κ3) is 3.63. The molecule has 6 nitrogen and oxygen atoms in total. The van der Waals surface area contributed by atoms with E-state index >= 15 is 0 Å². The second kappa shape index (κ2) is 7.42. The third-order valence-electron chi connectivity index (χ3n) is 5.42. The zero-order valence-corrected chi connectivity index (χ0v) is 16.8. The van der Waals surface area contributed by atoms with Crippen molar-refractivity contribution >= 4 is 29.0 Å². The van der Waals surface area contributed by atoms with E-state index in [1.54, 1.807) is 11.3 Å². The van der Waals surface area contributed by atoms with Crippen molar-refractivity contribution < 1.29 is 4.79 Å². The Morgan fingerprint density at radius 3 is 2.74 bits per heavy atom. The summed E-state index contributed by atoms with van der Waals surface area (Å²) in [5.41, 5.74) is 8.65. The number of nitrogens with one attached hydrogen (secondary N) is 2. The number of H-pyrrole nitrogens is 1. The summed E-state index contributed by atoms with van der Waals surface area (Å²) in [6.45, 7) is 9.60. The predicted octanol–water partition coefficient (Wildman–Crippen LogP) is 2.36. The lowest BCUT2D eigenvalue weighted by atomic mass is 10.0. The lowest BCUT2D eigenvalue weighted by Crippen LogP contribution is -2.44. The first kappa shape index (κ1) is 18.2. The van der Waals surface area contributed by atoms with Crippen molar-refractivity contribution in [2.24, 2.45) is 5.10 Å². The average Bonchev–Trinajstić information content (AvgIpc) is 3.35. The Bertz CT molecular complexity index is 901. The van der Waals surface area contributed by atoms with Gasteiger partial charge in [0.25, 0.3) is 5.91 Å². The predicted molar refractivity (Wildman–Crippen MR) is 110 cm³/mol. The second-order valence-corrected chi connectivity index (χ2v) is 8.23. The molecule has 0 atom stereocenters. The number of aromatic nitrogens is 1. The van der Waals surface area contributed by atoms with Crippen LogP contribution in [0.3, 0.4) is 0 Å². The monoisotopic (exact) mass is 383 g/mol. The standard InChI is InChI=1S/C20H25N5OS/c1-13-16(12-25-8-6-24(3)7-9-25)14(2)21-17(13)11-15-19(22-23-20(15)26)18-5-4-10-27-18/h4-5,10-11,21H,6-9,12H2,1-3H3,(H,23,26). The Morgan fingerprint density at radius 1 is 1.26 bits per heavy atom. The van der Waals surface area contributed by atoms with E-state index in [0.29, 0.717) is 5.57 Å². The van der Waals surface area contributed by atoms with Gasteiger partial charge >= 0.3 is 0 Å². The van der Waals surface area contributed by atoms with Crippen LogP contribution in [0, 0.1) is 13.8 Å². The molecule has 7 heteroatoms. The van der Waals surface area contributed by atoms with E-state index in [1.165, 1.54) is 16.8 Å². The number of amides is 1. The van der Waals surface area contributed by atoms with Gasteiger partial charge < -0.3 is 9.88 Å². The van der Waals surface area contributed by atoms with Gasteiger partial charge in [-0.15, -0.1) is 11.3 Å². The van der Waals surface area contributed by atoms with Gasteiger partial charge in [0.2, 0.25) is 0 Å². The van der Waals surface area contributed by atoms with Crippen LogP contribution in [0.5, 0.6) is 0 Å². The van der Waals surface area contributed by atoms with Crippen LogP contribution in [0.4, 0.5) is 0 Å². The molecule has 27 heavy (non-hydrogen) atoms. The molecule has 0 aromatic carbocycles.